The second-order valence-corrected chi connectivity index (χ2v) is 7.39. The number of halogens is 3. The highest BCUT2D eigenvalue weighted by Crippen LogP contribution is 2.64. The summed E-state index contributed by atoms with van der Waals surface area (Å²) < 4.78 is 38.2. The first-order valence-corrected chi connectivity index (χ1v) is 8.05. The second-order valence-electron chi connectivity index (χ2n) is 7.39. The van der Waals surface area contributed by atoms with Gasteiger partial charge in [0.05, 0.1) is 29.9 Å². The zero-order valence-electron chi connectivity index (χ0n) is 12.2. The third-order valence-electron chi connectivity index (χ3n) is 6.63. The monoisotopic (exact) mass is 326 g/mol. The summed E-state index contributed by atoms with van der Waals surface area (Å²) in [4.78, 5) is 5.91. The molecule has 4 fully saturated rings. The predicted octanol–water partition coefficient (Wildman–Crippen LogP) is 1.67. The van der Waals surface area contributed by atoms with Crippen LogP contribution >= 0.6 is 0 Å². The van der Waals surface area contributed by atoms with Crippen LogP contribution in [0.5, 0.6) is 0 Å². The first kappa shape index (κ1) is 14.0. The number of pyridine rings is 1. The molecule has 3 saturated carbocycles. The van der Waals surface area contributed by atoms with Gasteiger partial charge in [-0.3, -0.25) is 0 Å². The van der Waals surface area contributed by atoms with E-state index in [1.54, 1.807) is 0 Å². The zero-order valence-corrected chi connectivity index (χ0v) is 12.2. The molecule has 2 N–H and O–H groups in total. The second kappa shape index (κ2) is 4.19. The Hall–Kier alpha value is -1.34. The molecular formula is C16H17F3N2O2. The number of aromatic nitrogens is 1. The molecule has 4 aliphatic rings. The van der Waals surface area contributed by atoms with E-state index in [2.05, 4.69) is 4.98 Å². The number of alkyl halides is 3. The van der Waals surface area contributed by atoms with Crippen LogP contribution in [0.25, 0.3) is 0 Å². The predicted molar refractivity (Wildman–Crippen MR) is 74.5 cm³/mol. The molecule has 0 amide bonds. The number of hydrogen-bond acceptors (Lipinski definition) is 4. The first-order chi connectivity index (χ1) is 10.9. The van der Waals surface area contributed by atoms with Crippen LogP contribution in [0.2, 0.25) is 0 Å². The first-order valence-electron chi connectivity index (χ1n) is 8.05. The molecule has 1 aromatic rings. The van der Waals surface area contributed by atoms with E-state index in [0.29, 0.717) is 11.7 Å². The molecule has 1 aliphatic heterocycles. The molecule has 124 valence electrons. The number of hydrogen-bond donors (Lipinski definition) is 2. The fraction of sp³-hybridized carbons (Fsp3) is 0.688. The van der Waals surface area contributed by atoms with Gasteiger partial charge in [0.2, 0.25) is 0 Å². The molecule has 0 radical (unpaired) electrons. The van der Waals surface area contributed by atoms with Crippen molar-refractivity contribution in [2.45, 2.75) is 43.3 Å². The van der Waals surface area contributed by atoms with E-state index in [-0.39, 0.29) is 29.8 Å². The standard InChI is InChI=1S/C16H17F3N2O2/c17-16(18,19)6-1-2-11(20-5-6)21-10-4-7-8-3-9(12(7)15(10)23)13(21)14(8)22/h1-2,5,7-10,12-15,22-23H,3-4H2. The van der Waals surface area contributed by atoms with Gasteiger partial charge in [-0.15, -0.1) is 0 Å². The van der Waals surface area contributed by atoms with E-state index in [1.807, 2.05) is 4.90 Å². The van der Waals surface area contributed by atoms with Gasteiger partial charge in [0.25, 0.3) is 0 Å². The van der Waals surface area contributed by atoms with Crippen molar-refractivity contribution in [3.63, 3.8) is 0 Å². The number of piperidine rings is 1. The maximum absolute atomic E-state index is 12.7. The largest absolute Gasteiger partial charge is 0.417 e. The Morgan fingerprint density at radius 3 is 2.48 bits per heavy atom. The molecule has 23 heavy (non-hydrogen) atoms. The van der Waals surface area contributed by atoms with Gasteiger partial charge in [0, 0.05) is 6.20 Å². The lowest BCUT2D eigenvalue weighted by Crippen LogP contribution is -2.61. The highest BCUT2D eigenvalue weighted by Gasteiger charge is 2.70. The van der Waals surface area contributed by atoms with Gasteiger partial charge in [0.1, 0.15) is 5.82 Å². The Kier molecular flexibility index (Phi) is 2.56. The molecule has 7 heteroatoms. The number of fused-ring (bicyclic) bond motifs is 3. The van der Waals surface area contributed by atoms with Gasteiger partial charge in [-0.25, -0.2) is 4.98 Å². The Morgan fingerprint density at radius 2 is 1.83 bits per heavy atom. The molecule has 5 rings (SSSR count). The number of rotatable bonds is 1. The molecule has 4 bridgehead atoms. The molecule has 3 aliphatic carbocycles. The van der Waals surface area contributed by atoms with Gasteiger partial charge < -0.3 is 15.1 Å². The Labute approximate surface area is 130 Å². The molecular weight excluding hydrogens is 309 g/mol. The summed E-state index contributed by atoms with van der Waals surface area (Å²) in [6, 6.07) is 2.13. The van der Waals surface area contributed by atoms with Crippen molar-refractivity contribution in [3.8, 4) is 0 Å². The Morgan fingerprint density at radius 1 is 1.04 bits per heavy atom. The van der Waals surface area contributed by atoms with Crippen LogP contribution < -0.4 is 4.90 Å². The summed E-state index contributed by atoms with van der Waals surface area (Å²) in [6.07, 6.45) is -2.81. The smallest absolute Gasteiger partial charge is 0.391 e. The lowest BCUT2D eigenvalue weighted by molar-refractivity contribution is -0.137. The summed E-state index contributed by atoms with van der Waals surface area (Å²) in [5, 5.41) is 21.2. The number of aliphatic hydroxyl groups excluding tert-OH is 2. The maximum atomic E-state index is 12.7. The normalized spacial score (nSPS) is 46.9. The van der Waals surface area contributed by atoms with Crippen molar-refractivity contribution in [2.75, 3.05) is 4.90 Å². The zero-order chi connectivity index (χ0) is 16.1. The van der Waals surface area contributed by atoms with Gasteiger partial charge in [0.15, 0.2) is 0 Å². The maximum Gasteiger partial charge on any atom is 0.417 e. The van der Waals surface area contributed by atoms with Gasteiger partial charge >= 0.3 is 6.18 Å². The van der Waals surface area contributed by atoms with Crippen LogP contribution in [0.4, 0.5) is 19.0 Å². The summed E-state index contributed by atoms with van der Waals surface area (Å²) in [6.45, 7) is 0. The van der Waals surface area contributed by atoms with Gasteiger partial charge in [-0.1, -0.05) is 0 Å². The van der Waals surface area contributed by atoms with E-state index < -0.39 is 23.9 Å². The average Bonchev–Trinajstić information content (AvgIpc) is 3.05. The summed E-state index contributed by atoms with van der Waals surface area (Å²) >= 11 is 0. The molecule has 8 unspecified atom stereocenters. The highest BCUT2D eigenvalue weighted by atomic mass is 19.4. The van der Waals surface area contributed by atoms with E-state index in [1.165, 1.54) is 6.07 Å². The quantitative estimate of drug-likeness (QED) is 0.824. The lowest BCUT2D eigenvalue weighted by Gasteiger charge is -2.48. The molecule has 8 atom stereocenters. The van der Waals surface area contributed by atoms with Crippen molar-refractivity contribution < 1.29 is 23.4 Å². The third-order valence-corrected chi connectivity index (χ3v) is 6.63. The summed E-state index contributed by atoms with van der Waals surface area (Å²) in [7, 11) is 0. The van der Waals surface area contributed by atoms with E-state index in [0.717, 1.165) is 25.1 Å². The minimum absolute atomic E-state index is 0.124. The Bertz CT molecular complexity index is 650. The average molecular weight is 326 g/mol. The van der Waals surface area contributed by atoms with E-state index >= 15 is 0 Å². The van der Waals surface area contributed by atoms with Crippen LogP contribution in [0.15, 0.2) is 18.3 Å². The molecule has 2 heterocycles. The minimum Gasteiger partial charge on any atom is -0.391 e. The topological polar surface area (TPSA) is 56.6 Å². The van der Waals surface area contributed by atoms with Crippen LogP contribution in [0, 0.1) is 23.7 Å². The van der Waals surface area contributed by atoms with Crippen molar-refractivity contribution in [2.24, 2.45) is 23.7 Å². The van der Waals surface area contributed by atoms with Crippen molar-refractivity contribution >= 4 is 5.82 Å². The summed E-state index contributed by atoms with van der Waals surface area (Å²) in [5.41, 5.74) is -0.780. The van der Waals surface area contributed by atoms with Crippen molar-refractivity contribution in [1.82, 2.24) is 4.98 Å². The molecule has 0 spiro atoms. The minimum atomic E-state index is -4.41. The van der Waals surface area contributed by atoms with Crippen LogP contribution in [0.3, 0.4) is 0 Å². The van der Waals surface area contributed by atoms with Gasteiger partial charge in [-0.2, -0.15) is 13.2 Å². The molecule has 1 aromatic heterocycles. The lowest BCUT2D eigenvalue weighted by atomic mass is 9.75. The van der Waals surface area contributed by atoms with Crippen LogP contribution in [-0.2, 0) is 6.18 Å². The number of aliphatic hydroxyl groups is 2. The van der Waals surface area contributed by atoms with Crippen LogP contribution in [0.1, 0.15) is 18.4 Å². The molecule has 4 nitrogen and oxygen atoms in total. The van der Waals surface area contributed by atoms with Crippen molar-refractivity contribution in [3.05, 3.63) is 23.9 Å². The Balaban J connectivity index is 1.55. The summed E-state index contributed by atoms with van der Waals surface area (Å²) in [5.74, 6) is 1.44. The van der Waals surface area contributed by atoms with Gasteiger partial charge in [-0.05, 0) is 48.6 Å². The number of nitrogens with zero attached hydrogens (tertiary/aromatic N) is 2. The molecule has 1 saturated heterocycles. The highest BCUT2D eigenvalue weighted by molar-refractivity contribution is 5.48. The SMILES string of the molecule is OC1C2C3CC1N(c1ccc(C(F)(F)F)cn1)C1C(O)C3CC21. The number of anilines is 1. The molecule has 0 aromatic carbocycles. The van der Waals surface area contributed by atoms with Crippen LogP contribution in [-0.4, -0.2) is 39.5 Å². The van der Waals surface area contributed by atoms with E-state index in [9.17, 15) is 23.4 Å². The fourth-order valence-corrected chi connectivity index (χ4v) is 5.93. The van der Waals surface area contributed by atoms with Crippen molar-refractivity contribution in [1.29, 1.82) is 0 Å². The fourth-order valence-electron chi connectivity index (χ4n) is 5.93. The van der Waals surface area contributed by atoms with E-state index in [4.69, 9.17) is 0 Å². The third kappa shape index (κ3) is 1.62.